The fourth-order valence-corrected chi connectivity index (χ4v) is 3.08. The average Bonchev–Trinajstić information content (AvgIpc) is 2.76. The highest BCUT2D eigenvalue weighted by molar-refractivity contribution is 6.39. The van der Waals surface area contributed by atoms with Crippen LogP contribution in [0.1, 0.15) is 5.56 Å². The van der Waals surface area contributed by atoms with Crippen LogP contribution >= 0.6 is 0 Å². The van der Waals surface area contributed by atoms with E-state index in [0.717, 1.165) is 4.90 Å². The van der Waals surface area contributed by atoms with Crippen LogP contribution in [-0.4, -0.2) is 46.3 Å². The van der Waals surface area contributed by atoms with E-state index < -0.39 is 17.8 Å². The molecule has 0 aliphatic carbocycles. The molecular weight excluding hydrogens is 392 g/mol. The first kappa shape index (κ1) is 20.7. The van der Waals surface area contributed by atoms with Crippen molar-refractivity contribution >= 4 is 29.6 Å². The Morgan fingerprint density at radius 1 is 0.800 bits per heavy atom. The highest BCUT2D eigenvalue weighted by Crippen LogP contribution is 2.41. The molecule has 1 aliphatic rings. The Morgan fingerprint density at radius 3 is 2.10 bits per heavy atom. The first-order valence-electron chi connectivity index (χ1n) is 8.80. The molecule has 2 aromatic carbocycles. The molecule has 1 N–H and O–H groups in total. The number of hydrogen-bond acceptors (Lipinski definition) is 7. The molecule has 0 bridgehead atoms. The van der Waals surface area contributed by atoms with Gasteiger partial charge in [-0.1, -0.05) is 12.1 Å². The standard InChI is InChI=1S/C21H20N2O7/c1-27-15-8-6-5-7-14(15)23-20(25)13(19(24)22-21(23)26)11-12-9-10-16(28-2)18(30-4)17(12)29-3/h5-11H,1-4H3,(H,22,24,26)/b13-11+. The molecule has 1 aliphatic heterocycles. The van der Waals surface area contributed by atoms with Crippen LogP contribution in [0, 0.1) is 0 Å². The van der Waals surface area contributed by atoms with Crippen LogP contribution in [0.5, 0.6) is 23.0 Å². The Bertz CT molecular complexity index is 1050. The van der Waals surface area contributed by atoms with E-state index in [4.69, 9.17) is 18.9 Å². The number of barbiturate groups is 1. The van der Waals surface area contributed by atoms with E-state index in [1.54, 1.807) is 36.4 Å². The second-order valence-corrected chi connectivity index (χ2v) is 6.05. The van der Waals surface area contributed by atoms with Gasteiger partial charge in [-0.15, -0.1) is 0 Å². The molecule has 4 amide bonds. The summed E-state index contributed by atoms with van der Waals surface area (Å²) in [6, 6.07) is 8.85. The van der Waals surface area contributed by atoms with Gasteiger partial charge < -0.3 is 18.9 Å². The van der Waals surface area contributed by atoms with Crippen molar-refractivity contribution in [2.75, 3.05) is 33.3 Å². The van der Waals surface area contributed by atoms with E-state index >= 15 is 0 Å². The van der Waals surface area contributed by atoms with Crippen LogP contribution in [0.3, 0.4) is 0 Å². The van der Waals surface area contributed by atoms with Gasteiger partial charge in [-0.25, -0.2) is 9.69 Å². The summed E-state index contributed by atoms with van der Waals surface area (Å²) in [5.74, 6) is -0.334. The monoisotopic (exact) mass is 412 g/mol. The van der Waals surface area contributed by atoms with E-state index in [9.17, 15) is 14.4 Å². The van der Waals surface area contributed by atoms with Gasteiger partial charge in [-0.2, -0.15) is 0 Å². The minimum Gasteiger partial charge on any atom is -0.495 e. The van der Waals surface area contributed by atoms with Crippen molar-refractivity contribution in [3.05, 3.63) is 47.5 Å². The molecule has 0 radical (unpaired) electrons. The number of amides is 4. The lowest BCUT2D eigenvalue weighted by Gasteiger charge is -2.27. The molecule has 1 heterocycles. The number of rotatable bonds is 6. The lowest BCUT2D eigenvalue weighted by molar-refractivity contribution is -0.122. The number of para-hydroxylation sites is 2. The van der Waals surface area contributed by atoms with E-state index in [1.807, 2.05) is 0 Å². The van der Waals surface area contributed by atoms with Crippen molar-refractivity contribution in [2.24, 2.45) is 0 Å². The SMILES string of the molecule is COc1ccccc1N1C(=O)NC(=O)/C(=C\c2ccc(OC)c(OC)c2OC)C1=O. The topological polar surface area (TPSA) is 103 Å². The summed E-state index contributed by atoms with van der Waals surface area (Å²) in [4.78, 5) is 38.8. The van der Waals surface area contributed by atoms with Crippen LogP contribution in [0.4, 0.5) is 10.5 Å². The highest BCUT2D eigenvalue weighted by atomic mass is 16.5. The normalized spacial score (nSPS) is 15.1. The zero-order valence-electron chi connectivity index (χ0n) is 16.8. The summed E-state index contributed by atoms with van der Waals surface area (Å²) in [5, 5.41) is 2.18. The predicted molar refractivity (Wildman–Crippen MR) is 108 cm³/mol. The molecule has 1 fully saturated rings. The summed E-state index contributed by atoms with van der Waals surface area (Å²) in [6.07, 6.45) is 1.33. The molecule has 0 spiro atoms. The van der Waals surface area contributed by atoms with E-state index in [-0.39, 0.29) is 17.0 Å². The second kappa shape index (κ2) is 8.56. The van der Waals surface area contributed by atoms with Gasteiger partial charge in [0, 0.05) is 5.56 Å². The van der Waals surface area contributed by atoms with Gasteiger partial charge in [0.2, 0.25) is 5.75 Å². The zero-order valence-corrected chi connectivity index (χ0v) is 16.8. The van der Waals surface area contributed by atoms with Crippen LogP contribution in [-0.2, 0) is 9.59 Å². The fraction of sp³-hybridized carbons (Fsp3) is 0.190. The number of imide groups is 2. The van der Waals surface area contributed by atoms with Gasteiger partial charge in [0.15, 0.2) is 11.5 Å². The van der Waals surface area contributed by atoms with Gasteiger partial charge in [0.05, 0.1) is 34.1 Å². The Kier molecular flexibility index (Phi) is 5.91. The highest BCUT2D eigenvalue weighted by Gasteiger charge is 2.38. The lowest BCUT2D eigenvalue weighted by Crippen LogP contribution is -2.54. The molecule has 0 unspecified atom stereocenters. The third kappa shape index (κ3) is 3.52. The van der Waals surface area contributed by atoms with Crippen LogP contribution in [0.25, 0.3) is 6.08 Å². The molecule has 9 nitrogen and oxygen atoms in total. The van der Waals surface area contributed by atoms with Crippen molar-refractivity contribution in [3.8, 4) is 23.0 Å². The number of carbonyl (C=O) groups excluding carboxylic acids is 3. The smallest absolute Gasteiger partial charge is 0.336 e. The lowest BCUT2D eigenvalue weighted by atomic mass is 10.0. The Balaban J connectivity index is 2.12. The number of methoxy groups -OCH3 is 4. The van der Waals surface area contributed by atoms with E-state index in [2.05, 4.69) is 5.32 Å². The molecule has 2 aromatic rings. The van der Waals surface area contributed by atoms with E-state index in [1.165, 1.54) is 34.5 Å². The third-order valence-corrected chi connectivity index (χ3v) is 4.46. The Labute approximate surface area is 172 Å². The number of nitrogens with one attached hydrogen (secondary N) is 1. The summed E-state index contributed by atoms with van der Waals surface area (Å²) >= 11 is 0. The first-order valence-corrected chi connectivity index (χ1v) is 8.80. The van der Waals surface area contributed by atoms with Crippen molar-refractivity contribution in [1.82, 2.24) is 5.32 Å². The molecule has 3 rings (SSSR count). The molecule has 0 atom stereocenters. The third-order valence-electron chi connectivity index (χ3n) is 4.46. The molecular formula is C21H20N2O7. The summed E-state index contributed by atoms with van der Waals surface area (Å²) in [7, 11) is 5.76. The maximum atomic E-state index is 13.1. The predicted octanol–water partition coefficient (Wildman–Crippen LogP) is 2.39. The first-order chi connectivity index (χ1) is 14.5. The maximum Gasteiger partial charge on any atom is 0.336 e. The fourth-order valence-electron chi connectivity index (χ4n) is 3.08. The van der Waals surface area contributed by atoms with Crippen molar-refractivity contribution in [2.45, 2.75) is 0 Å². The quantitative estimate of drug-likeness (QED) is 0.574. The van der Waals surface area contributed by atoms with E-state index in [0.29, 0.717) is 22.8 Å². The number of nitrogens with zero attached hydrogens (tertiary/aromatic N) is 1. The molecule has 1 saturated heterocycles. The number of anilines is 1. The Morgan fingerprint density at radius 2 is 1.47 bits per heavy atom. The number of carbonyl (C=O) groups is 3. The average molecular weight is 412 g/mol. The Hall–Kier alpha value is -4.01. The van der Waals surface area contributed by atoms with Crippen molar-refractivity contribution in [3.63, 3.8) is 0 Å². The summed E-state index contributed by atoms with van der Waals surface area (Å²) in [6.45, 7) is 0. The zero-order chi connectivity index (χ0) is 21.8. The van der Waals surface area contributed by atoms with Gasteiger partial charge in [-0.05, 0) is 30.3 Å². The van der Waals surface area contributed by atoms with Gasteiger partial charge in [-0.3, -0.25) is 14.9 Å². The number of hydrogen-bond donors (Lipinski definition) is 1. The van der Waals surface area contributed by atoms with Gasteiger partial charge in [0.1, 0.15) is 11.3 Å². The number of benzene rings is 2. The van der Waals surface area contributed by atoms with Crippen LogP contribution in [0.15, 0.2) is 42.0 Å². The number of urea groups is 1. The molecule has 30 heavy (non-hydrogen) atoms. The van der Waals surface area contributed by atoms with Crippen LogP contribution in [0.2, 0.25) is 0 Å². The van der Waals surface area contributed by atoms with Gasteiger partial charge >= 0.3 is 6.03 Å². The molecule has 0 aromatic heterocycles. The molecule has 156 valence electrons. The summed E-state index contributed by atoms with van der Waals surface area (Å²) < 4.78 is 21.2. The minimum absolute atomic E-state index is 0.208. The largest absolute Gasteiger partial charge is 0.495 e. The number of ether oxygens (including phenoxy) is 4. The van der Waals surface area contributed by atoms with Crippen LogP contribution < -0.4 is 29.2 Å². The molecule has 9 heteroatoms. The van der Waals surface area contributed by atoms with Gasteiger partial charge in [0.25, 0.3) is 11.8 Å². The molecule has 0 saturated carbocycles. The minimum atomic E-state index is -0.870. The summed E-state index contributed by atoms with van der Waals surface area (Å²) in [5.41, 5.74) is 0.342. The second-order valence-electron chi connectivity index (χ2n) is 6.05. The van der Waals surface area contributed by atoms with Crippen molar-refractivity contribution in [1.29, 1.82) is 0 Å². The van der Waals surface area contributed by atoms with Crippen molar-refractivity contribution < 1.29 is 33.3 Å². The maximum absolute atomic E-state index is 13.1.